The third-order valence-electron chi connectivity index (χ3n) is 3.26. The van der Waals surface area contributed by atoms with Gasteiger partial charge in [-0.2, -0.15) is 0 Å². The number of aryl methyl sites for hydroxylation is 1. The lowest BCUT2D eigenvalue weighted by molar-refractivity contribution is 0.135. The van der Waals surface area contributed by atoms with Crippen LogP contribution < -0.4 is 5.32 Å². The maximum atomic E-state index is 9.92. The normalized spacial score (nSPS) is 18.2. The van der Waals surface area contributed by atoms with Crippen LogP contribution in [0, 0.1) is 6.92 Å². The van der Waals surface area contributed by atoms with Crippen LogP contribution in [0.2, 0.25) is 0 Å². The van der Waals surface area contributed by atoms with E-state index in [2.05, 4.69) is 41.4 Å². The fourth-order valence-corrected chi connectivity index (χ4v) is 2.23. The van der Waals surface area contributed by atoms with Gasteiger partial charge < -0.3 is 15.3 Å². The van der Waals surface area contributed by atoms with Gasteiger partial charge in [-0.15, -0.1) is 0 Å². The summed E-state index contributed by atoms with van der Waals surface area (Å²) in [6.45, 7) is 5.77. The summed E-state index contributed by atoms with van der Waals surface area (Å²) in [7, 11) is 0. The summed E-state index contributed by atoms with van der Waals surface area (Å²) in [5.41, 5.74) is 2.34. The van der Waals surface area contributed by atoms with E-state index in [1.807, 2.05) is 0 Å². The lowest BCUT2D eigenvalue weighted by atomic mass is 10.2. The fraction of sp³-hybridized carbons (Fsp3) is 0.571. The number of nitrogens with zero attached hydrogens (tertiary/aromatic N) is 1. The number of nitrogens with one attached hydrogen (secondary N) is 1. The SMILES string of the molecule is Cc1ccc(NC[C@H](O)CN2CCCC2)cc1. The van der Waals surface area contributed by atoms with Crippen molar-refractivity contribution < 1.29 is 5.11 Å². The highest BCUT2D eigenvalue weighted by atomic mass is 16.3. The van der Waals surface area contributed by atoms with E-state index in [-0.39, 0.29) is 6.10 Å². The average molecular weight is 234 g/mol. The lowest BCUT2D eigenvalue weighted by Gasteiger charge is -2.20. The summed E-state index contributed by atoms with van der Waals surface area (Å²) < 4.78 is 0. The van der Waals surface area contributed by atoms with Crippen molar-refractivity contribution in [2.75, 3.05) is 31.5 Å². The summed E-state index contributed by atoms with van der Waals surface area (Å²) in [5, 5.41) is 13.2. The number of benzene rings is 1. The van der Waals surface area contributed by atoms with E-state index in [1.54, 1.807) is 0 Å². The van der Waals surface area contributed by atoms with Gasteiger partial charge in [-0.25, -0.2) is 0 Å². The molecular formula is C14H22N2O. The predicted octanol–water partition coefficient (Wildman–Crippen LogP) is 1.86. The van der Waals surface area contributed by atoms with E-state index in [4.69, 9.17) is 0 Å². The first kappa shape index (κ1) is 12.4. The molecule has 0 unspecified atom stereocenters. The van der Waals surface area contributed by atoms with Crippen molar-refractivity contribution in [1.82, 2.24) is 4.90 Å². The van der Waals surface area contributed by atoms with Crippen LogP contribution in [-0.4, -0.2) is 42.3 Å². The Labute approximate surface area is 103 Å². The van der Waals surface area contributed by atoms with E-state index >= 15 is 0 Å². The lowest BCUT2D eigenvalue weighted by Crippen LogP contribution is -2.34. The van der Waals surface area contributed by atoms with Crippen molar-refractivity contribution in [3.8, 4) is 0 Å². The minimum absolute atomic E-state index is 0.283. The van der Waals surface area contributed by atoms with Crippen molar-refractivity contribution in [1.29, 1.82) is 0 Å². The quantitative estimate of drug-likeness (QED) is 0.816. The molecule has 1 aromatic carbocycles. The predicted molar refractivity (Wildman–Crippen MR) is 71.3 cm³/mol. The summed E-state index contributed by atoms with van der Waals surface area (Å²) >= 11 is 0. The Balaban J connectivity index is 1.71. The third-order valence-corrected chi connectivity index (χ3v) is 3.26. The maximum Gasteiger partial charge on any atom is 0.0839 e. The Kier molecular flexibility index (Phi) is 4.40. The molecule has 0 bridgehead atoms. The molecule has 1 aromatic rings. The largest absolute Gasteiger partial charge is 0.390 e. The molecule has 0 spiro atoms. The van der Waals surface area contributed by atoms with E-state index in [0.717, 1.165) is 25.3 Å². The number of aliphatic hydroxyl groups excluding tert-OH is 1. The van der Waals surface area contributed by atoms with E-state index in [1.165, 1.54) is 18.4 Å². The molecule has 17 heavy (non-hydrogen) atoms. The van der Waals surface area contributed by atoms with E-state index in [0.29, 0.717) is 6.54 Å². The molecule has 2 N–H and O–H groups in total. The number of hydrogen-bond donors (Lipinski definition) is 2. The molecule has 0 aromatic heterocycles. The zero-order chi connectivity index (χ0) is 12.1. The topological polar surface area (TPSA) is 35.5 Å². The second-order valence-corrected chi connectivity index (χ2v) is 4.91. The van der Waals surface area contributed by atoms with Gasteiger partial charge in [-0.05, 0) is 45.0 Å². The molecule has 1 atom stereocenters. The standard InChI is InChI=1S/C14H22N2O/c1-12-4-6-13(7-5-12)15-10-14(17)11-16-8-2-3-9-16/h4-7,14-15,17H,2-3,8-11H2,1H3/t14-/m0/s1. The van der Waals surface area contributed by atoms with Crippen LogP contribution in [0.15, 0.2) is 24.3 Å². The summed E-state index contributed by atoms with van der Waals surface area (Å²) in [4.78, 5) is 2.33. The first-order chi connectivity index (χ1) is 8.24. The van der Waals surface area contributed by atoms with Gasteiger partial charge in [0.25, 0.3) is 0 Å². The molecule has 1 heterocycles. The monoisotopic (exact) mass is 234 g/mol. The van der Waals surface area contributed by atoms with Gasteiger partial charge in [-0.3, -0.25) is 0 Å². The van der Waals surface area contributed by atoms with Crippen molar-refractivity contribution in [3.05, 3.63) is 29.8 Å². The van der Waals surface area contributed by atoms with Gasteiger partial charge in [-0.1, -0.05) is 17.7 Å². The number of β-amino-alcohol motifs (C(OH)–C–C–N with tert-alkyl or cyclic N) is 1. The first-order valence-corrected chi connectivity index (χ1v) is 6.45. The number of rotatable bonds is 5. The highest BCUT2D eigenvalue weighted by Crippen LogP contribution is 2.10. The molecule has 1 saturated heterocycles. The van der Waals surface area contributed by atoms with Crippen LogP contribution in [-0.2, 0) is 0 Å². The molecule has 2 rings (SSSR count). The van der Waals surface area contributed by atoms with Gasteiger partial charge in [0.15, 0.2) is 0 Å². The Bertz CT molecular complexity index is 331. The number of aliphatic hydroxyl groups is 1. The minimum Gasteiger partial charge on any atom is -0.390 e. The number of likely N-dealkylation sites (tertiary alicyclic amines) is 1. The van der Waals surface area contributed by atoms with Gasteiger partial charge in [0.1, 0.15) is 0 Å². The average Bonchev–Trinajstić information content (AvgIpc) is 2.81. The molecule has 0 amide bonds. The Morgan fingerprint density at radius 3 is 2.53 bits per heavy atom. The van der Waals surface area contributed by atoms with Crippen molar-refractivity contribution in [2.45, 2.75) is 25.9 Å². The second kappa shape index (κ2) is 6.03. The third kappa shape index (κ3) is 4.02. The molecule has 1 aliphatic rings. The summed E-state index contributed by atoms with van der Waals surface area (Å²) in [5.74, 6) is 0. The second-order valence-electron chi connectivity index (χ2n) is 4.91. The minimum atomic E-state index is -0.283. The number of hydrogen-bond acceptors (Lipinski definition) is 3. The molecule has 0 saturated carbocycles. The zero-order valence-electron chi connectivity index (χ0n) is 10.5. The van der Waals surface area contributed by atoms with E-state index < -0.39 is 0 Å². The molecule has 0 aliphatic carbocycles. The van der Waals surface area contributed by atoms with Gasteiger partial charge >= 0.3 is 0 Å². The van der Waals surface area contributed by atoms with Crippen LogP contribution in [0.1, 0.15) is 18.4 Å². The van der Waals surface area contributed by atoms with Gasteiger partial charge in [0, 0.05) is 18.8 Å². The smallest absolute Gasteiger partial charge is 0.0839 e. The van der Waals surface area contributed by atoms with Crippen LogP contribution in [0.3, 0.4) is 0 Å². The number of anilines is 1. The van der Waals surface area contributed by atoms with Crippen LogP contribution in [0.4, 0.5) is 5.69 Å². The molecule has 94 valence electrons. The van der Waals surface area contributed by atoms with Crippen LogP contribution >= 0.6 is 0 Å². The highest BCUT2D eigenvalue weighted by molar-refractivity contribution is 5.44. The van der Waals surface area contributed by atoms with Crippen molar-refractivity contribution in [2.24, 2.45) is 0 Å². The maximum absolute atomic E-state index is 9.92. The summed E-state index contributed by atoms with van der Waals surface area (Å²) in [6, 6.07) is 8.26. The molecule has 1 fully saturated rings. The first-order valence-electron chi connectivity index (χ1n) is 6.45. The molecular weight excluding hydrogens is 212 g/mol. The fourth-order valence-electron chi connectivity index (χ4n) is 2.23. The Hall–Kier alpha value is -1.06. The summed E-state index contributed by atoms with van der Waals surface area (Å²) in [6.07, 6.45) is 2.27. The Morgan fingerprint density at radius 2 is 1.88 bits per heavy atom. The highest BCUT2D eigenvalue weighted by Gasteiger charge is 2.15. The molecule has 3 nitrogen and oxygen atoms in total. The molecule has 1 aliphatic heterocycles. The van der Waals surface area contributed by atoms with Crippen LogP contribution in [0.5, 0.6) is 0 Å². The van der Waals surface area contributed by atoms with E-state index in [9.17, 15) is 5.11 Å². The van der Waals surface area contributed by atoms with Crippen molar-refractivity contribution in [3.63, 3.8) is 0 Å². The van der Waals surface area contributed by atoms with Gasteiger partial charge in [0.2, 0.25) is 0 Å². The van der Waals surface area contributed by atoms with Gasteiger partial charge in [0.05, 0.1) is 6.10 Å². The van der Waals surface area contributed by atoms with Crippen molar-refractivity contribution >= 4 is 5.69 Å². The zero-order valence-corrected chi connectivity index (χ0v) is 10.5. The molecule has 3 heteroatoms. The van der Waals surface area contributed by atoms with Crippen LogP contribution in [0.25, 0.3) is 0 Å². The molecule has 0 radical (unpaired) electrons. The Morgan fingerprint density at radius 1 is 1.24 bits per heavy atom.